The first kappa shape index (κ1) is 15.6. The molecule has 0 bridgehead atoms. The first-order valence-electron chi connectivity index (χ1n) is 6.60. The number of benzene rings is 1. The van der Waals surface area contributed by atoms with Gasteiger partial charge in [0.15, 0.2) is 11.6 Å². The second-order valence-electron chi connectivity index (χ2n) is 4.90. The van der Waals surface area contributed by atoms with Gasteiger partial charge in [0.2, 0.25) is 0 Å². The van der Waals surface area contributed by atoms with Gasteiger partial charge in [-0.05, 0) is 30.7 Å². The molecule has 0 unspecified atom stereocenters. The number of Topliss-reactive ketones (excluding diaryl/α,β-unsaturated/α-hetero) is 1. The quantitative estimate of drug-likeness (QED) is 0.736. The molecule has 1 aromatic carbocycles. The lowest BCUT2D eigenvalue weighted by atomic mass is 10.1. The Morgan fingerprint density at radius 1 is 1.42 bits per heavy atom. The van der Waals surface area contributed by atoms with E-state index in [4.69, 9.17) is 4.74 Å². The largest absolute Gasteiger partial charge is 0.494 e. The van der Waals surface area contributed by atoms with E-state index in [1.807, 2.05) is 0 Å². The fourth-order valence-electron chi connectivity index (χ4n) is 1.81. The van der Waals surface area contributed by atoms with Crippen LogP contribution in [0.15, 0.2) is 18.2 Å². The van der Waals surface area contributed by atoms with E-state index >= 15 is 0 Å². The Kier molecular flexibility index (Phi) is 6.50. The molecule has 0 radical (unpaired) electrons. The minimum Gasteiger partial charge on any atom is -0.494 e. The van der Waals surface area contributed by atoms with Gasteiger partial charge in [-0.3, -0.25) is 4.79 Å². The van der Waals surface area contributed by atoms with Crippen LogP contribution < -0.4 is 10.1 Å². The molecule has 0 saturated heterocycles. The van der Waals surface area contributed by atoms with Crippen molar-refractivity contribution in [1.29, 1.82) is 0 Å². The lowest BCUT2D eigenvalue weighted by Crippen LogP contribution is -2.24. The molecule has 0 amide bonds. The number of methoxy groups -OCH3 is 1. The fourth-order valence-corrected chi connectivity index (χ4v) is 1.81. The van der Waals surface area contributed by atoms with Crippen molar-refractivity contribution in [1.82, 2.24) is 5.32 Å². The Bertz CT molecular complexity index is 419. The molecule has 0 atom stereocenters. The highest BCUT2D eigenvalue weighted by Gasteiger charge is 2.07. The highest BCUT2D eigenvalue weighted by molar-refractivity contribution is 5.80. The average molecular weight is 267 g/mol. The third-order valence-electron chi connectivity index (χ3n) is 2.80. The van der Waals surface area contributed by atoms with Crippen LogP contribution in [-0.4, -0.2) is 25.5 Å². The van der Waals surface area contributed by atoms with E-state index in [-0.39, 0.29) is 18.0 Å². The number of rotatable bonds is 8. The number of hydrogen-bond acceptors (Lipinski definition) is 3. The highest BCUT2D eigenvalue weighted by atomic mass is 19.1. The van der Waals surface area contributed by atoms with Crippen molar-refractivity contribution in [2.75, 3.05) is 13.7 Å². The van der Waals surface area contributed by atoms with Gasteiger partial charge in [0.1, 0.15) is 5.78 Å². The molecule has 1 rings (SSSR count). The third kappa shape index (κ3) is 5.83. The van der Waals surface area contributed by atoms with Gasteiger partial charge >= 0.3 is 0 Å². The summed E-state index contributed by atoms with van der Waals surface area (Å²) in [5, 5.41) is 3.26. The monoisotopic (exact) mass is 267 g/mol. The van der Waals surface area contributed by atoms with E-state index in [2.05, 4.69) is 19.2 Å². The van der Waals surface area contributed by atoms with Crippen LogP contribution in [0.4, 0.5) is 4.39 Å². The second-order valence-corrected chi connectivity index (χ2v) is 4.90. The van der Waals surface area contributed by atoms with Gasteiger partial charge < -0.3 is 10.1 Å². The summed E-state index contributed by atoms with van der Waals surface area (Å²) in [6, 6.07) is 5.08. The number of carbonyl (C=O) groups is 1. The molecule has 0 aliphatic rings. The lowest BCUT2D eigenvalue weighted by molar-refractivity contribution is -0.118. The Labute approximate surface area is 114 Å². The van der Waals surface area contributed by atoms with Crippen LogP contribution >= 0.6 is 0 Å². The molecule has 0 aliphatic carbocycles. The zero-order valence-corrected chi connectivity index (χ0v) is 11.8. The Hall–Kier alpha value is -1.42. The van der Waals surface area contributed by atoms with Crippen molar-refractivity contribution < 1.29 is 13.9 Å². The molecule has 1 N–H and O–H groups in total. The molecule has 0 aromatic heterocycles. The predicted octanol–water partition coefficient (Wildman–Crippen LogP) is 2.72. The molecule has 1 aromatic rings. The Morgan fingerprint density at radius 2 is 2.16 bits per heavy atom. The Balaban J connectivity index is 2.38. The van der Waals surface area contributed by atoms with Crippen LogP contribution in [-0.2, 0) is 11.2 Å². The summed E-state index contributed by atoms with van der Waals surface area (Å²) < 4.78 is 18.3. The molecule has 3 nitrogen and oxygen atoms in total. The van der Waals surface area contributed by atoms with Gasteiger partial charge in [0, 0.05) is 18.9 Å². The summed E-state index contributed by atoms with van der Waals surface area (Å²) >= 11 is 0. The molecular weight excluding hydrogens is 245 g/mol. The van der Waals surface area contributed by atoms with Crippen LogP contribution in [0.25, 0.3) is 0 Å². The average Bonchev–Trinajstić information content (AvgIpc) is 2.35. The number of ether oxygens (including phenoxy) is 1. The standard InChI is InChI=1S/C15H22FNO2/c1-11(2)17-8-4-5-13(18)9-12-6-7-15(19-3)14(16)10-12/h6-7,10-11,17H,4-5,8-9H2,1-3H3. The normalized spacial score (nSPS) is 10.8. The molecule has 0 heterocycles. The number of ketones is 1. The van der Waals surface area contributed by atoms with Crippen molar-refractivity contribution in [3.63, 3.8) is 0 Å². The van der Waals surface area contributed by atoms with Gasteiger partial charge in [-0.15, -0.1) is 0 Å². The van der Waals surface area contributed by atoms with Crippen LogP contribution in [0.5, 0.6) is 5.75 Å². The summed E-state index contributed by atoms with van der Waals surface area (Å²) in [5.41, 5.74) is 0.695. The first-order valence-corrected chi connectivity index (χ1v) is 6.60. The summed E-state index contributed by atoms with van der Waals surface area (Å²) in [5.74, 6) is -0.0817. The van der Waals surface area contributed by atoms with Crippen molar-refractivity contribution in [2.45, 2.75) is 39.2 Å². The van der Waals surface area contributed by atoms with E-state index < -0.39 is 5.82 Å². The predicted molar refractivity (Wildman–Crippen MR) is 74.0 cm³/mol. The summed E-state index contributed by atoms with van der Waals surface area (Å²) in [6.45, 7) is 4.98. The van der Waals surface area contributed by atoms with E-state index in [0.717, 1.165) is 13.0 Å². The van der Waals surface area contributed by atoms with Crippen molar-refractivity contribution in [3.8, 4) is 5.75 Å². The number of hydrogen-bond donors (Lipinski definition) is 1. The van der Waals surface area contributed by atoms with Crippen LogP contribution in [0.3, 0.4) is 0 Å². The smallest absolute Gasteiger partial charge is 0.165 e. The molecule has 106 valence electrons. The number of carbonyl (C=O) groups excluding carboxylic acids is 1. The maximum Gasteiger partial charge on any atom is 0.165 e. The Morgan fingerprint density at radius 3 is 2.74 bits per heavy atom. The molecule has 19 heavy (non-hydrogen) atoms. The van der Waals surface area contributed by atoms with Gasteiger partial charge in [-0.25, -0.2) is 4.39 Å². The summed E-state index contributed by atoms with van der Waals surface area (Å²) in [4.78, 5) is 11.7. The summed E-state index contributed by atoms with van der Waals surface area (Å²) in [7, 11) is 1.42. The van der Waals surface area contributed by atoms with Crippen molar-refractivity contribution in [2.24, 2.45) is 0 Å². The topological polar surface area (TPSA) is 38.3 Å². The third-order valence-corrected chi connectivity index (χ3v) is 2.80. The molecule has 0 aliphatic heterocycles. The molecule has 0 fully saturated rings. The van der Waals surface area contributed by atoms with Gasteiger partial charge in [-0.2, -0.15) is 0 Å². The summed E-state index contributed by atoms with van der Waals surface area (Å²) in [6.07, 6.45) is 1.62. The fraction of sp³-hybridized carbons (Fsp3) is 0.533. The SMILES string of the molecule is COc1ccc(CC(=O)CCCNC(C)C)cc1F. The minimum atomic E-state index is -0.422. The van der Waals surface area contributed by atoms with Crippen LogP contribution in [0, 0.1) is 5.82 Å². The molecular formula is C15H22FNO2. The highest BCUT2D eigenvalue weighted by Crippen LogP contribution is 2.18. The van der Waals surface area contributed by atoms with Gasteiger partial charge in [0.05, 0.1) is 7.11 Å². The second kappa shape index (κ2) is 7.89. The van der Waals surface area contributed by atoms with Gasteiger partial charge in [-0.1, -0.05) is 19.9 Å². The van der Waals surface area contributed by atoms with E-state index in [0.29, 0.717) is 18.0 Å². The zero-order valence-electron chi connectivity index (χ0n) is 11.8. The van der Waals surface area contributed by atoms with E-state index in [9.17, 15) is 9.18 Å². The molecule has 0 spiro atoms. The zero-order chi connectivity index (χ0) is 14.3. The van der Waals surface area contributed by atoms with E-state index in [1.165, 1.54) is 13.2 Å². The van der Waals surface area contributed by atoms with Crippen molar-refractivity contribution >= 4 is 5.78 Å². The lowest BCUT2D eigenvalue weighted by Gasteiger charge is -2.07. The van der Waals surface area contributed by atoms with E-state index in [1.54, 1.807) is 12.1 Å². The number of halogens is 1. The maximum absolute atomic E-state index is 13.5. The maximum atomic E-state index is 13.5. The van der Waals surface area contributed by atoms with Crippen LogP contribution in [0.2, 0.25) is 0 Å². The first-order chi connectivity index (χ1) is 9.02. The minimum absolute atomic E-state index is 0.134. The molecule has 4 heteroatoms. The number of nitrogens with one attached hydrogen (secondary N) is 1. The van der Waals surface area contributed by atoms with Crippen molar-refractivity contribution in [3.05, 3.63) is 29.6 Å². The van der Waals surface area contributed by atoms with Gasteiger partial charge in [0.25, 0.3) is 0 Å². The van der Waals surface area contributed by atoms with Crippen LogP contribution in [0.1, 0.15) is 32.3 Å². The molecule has 0 saturated carbocycles.